The minimum atomic E-state index is -4.27. The Morgan fingerprint density at radius 3 is 2.50 bits per heavy atom. The molecule has 0 aliphatic heterocycles. The molecule has 1 aliphatic rings. The van der Waals surface area contributed by atoms with Crippen LogP contribution in [0.3, 0.4) is 0 Å². The summed E-state index contributed by atoms with van der Waals surface area (Å²) >= 11 is 0. The zero-order valence-electron chi connectivity index (χ0n) is 18.5. The Labute approximate surface area is 188 Å². The molecule has 1 atom stereocenters. The predicted molar refractivity (Wildman–Crippen MR) is 120 cm³/mol. The highest BCUT2D eigenvalue weighted by atomic mass is 32.2. The molecule has 1 N–H and O–H groups in total. The van der Waals surface area contributed by atoms with E-state index in [2.05, 4.69) is 15.4 Å². The minimum absolute atomic E-state index is 0.00227. The van der Waals surface area contributed by atoms with Crippen molar-refractivity contribution in [2.75, 3.05) is 6.61 Å². The van der Waals surface area contributed by atoms with Crippen molar-refractivity contribution in [1.82, 2.24) is 20.2 Å². The molecule has 9 heteroatoms. The zero-order chi connectivity index (χ0) is 22.9. The molecule has 1 saturated carbocycles. The van der Waals surface area contributed by atoms with Gasteiger partial charge in [0.1, 0.15) is 5.75 Å². The number of rotatable bonds is 9. The van der Waals surface area contributed by atoms with Crippen LogP contribution in [0.2, 0.25) is 0 Å². The number of hydrogen-bond acceptors (Lipinski definition) is 6. The number of ether oxygens (including phenoxy) is 1. The summed E-state index contributed by atoms with van der Waals surface area (Å²) in [7, 11) is -4.27. The van der Waals surface area contributed by atoms with Crippen molar-refractivity contribution < 1.29 is 17.7 Å². The van der Waals surface area contributed by atoms with Crippen LogP contribution in [0.15, 0.2) is 47.4 Å². The summed E-state index contributed by atoms with van der Waals surface area (Å²) in [5, 5.41) is 12.3. The van der Waals surface area contributed by atoms with Crippen LogP contribution in [0, 0.1) is 12.3 Å². The van der Waals surface area contributed by atoms with Gasteiger partial charge >= 0.3 is 0 Å². The first kappa shape index (κ1) is 22.4. The highest BCUT2D eigenvalue weighted by Crippen LogP contribution is 2.59. The number of tetrazole rings is 1. The normalized spacial score (nSPS) is 16.0. The number of benzene rings is 2. The molecule has 1 aromatic heterocycles. The highest BCUT2D eigenvalue weighted by molar-refractivity contribution is 7.85. The van der Waals surface area contributed by atoms with Gasteiger partial charge in [0, 0.05) is 5.56 Å². The third kappa shape index (κ3) is 4.68. The Hall–Kier alpha value is -2.78. The fourth-order valence-electron chi connectivity index (χ4n) is 4.20. The SMILES string of the molecule is CCn1nnc(-c2ccc(OCCC3(C(C)c4cc(C)ccc4S(=O)(=O)O)CC3)cc2)n1. The molecular weight excluding hydrogens is 428 g/mol. The van der Waals surface area contributed by atoms with Crippen LogP contribution in [0.25, 0.3) is 11.4 Å². The number of hydrogen-bond donors (Lipinski definition) is 1. The van der Waals surface area contributed by atoms with E-state index in [1.54, 1.807) is 6.07 Å². The van der Waals surface area contributed by atoms with E-state index in [9.17, 15) is 13.0 Å². The summed E-state index contributed by atoms with van der Waals surface area (Å²) in [5.41, 5.74) is 2.51. The summed E-state index contributed by atoms with van der Waals surface area (Å²) in [6.45, 7) is 7.12. The molecule has 0 spiro atoms. The topological polar surface area (TPSA) is 107 Å². The van der Waals surface area contributed by atoms with Crippen LogP contribution in [0.1, 0.15) is 50.2 Å². The van der Waals surface area contributed by atoms with E-state index in [1.165, 1.54) is 10.9 Å². The third-order valence-electron chi connectivity index (χ3n) is 6.44. The fourth-order valence-corrected chi connectivity index (χ4v) is 4.97. The van der Waals surface area contributed by atoms with Gasteiger partial charge in [-0.2, -0.15) is 13.2 Å². The molecule has 4 rings (SSSR count). The summed E-state index contributed by atoms with van der Waals surface area (Å²) in [6.07, 6.45) is 2.82. The Morgan fingerprint density at radius 2 is 1.91 bits per heavy atom. The monoisotopic (exact) mass is 456 g/mol. The van der Waals surface area contributed by atoms with Crippen molar-refractivity contribution in [1.29, 1.82) is 0 Å². The highest BCUT2D eigenvalue weighted by Gasteiger charge is 2.48. The van der Waals surface area contributed by atoms with E-state index in [4.69, 9.17) is 4.74 Å². The first-order chi connectivity index (χ1) is 15.2. The number of aromatic nitrogens is 4. The van der Waals surface area contributed by atoms with Gasteiger partial charge < -0.3 is 4.74 Å². The average Bonchev–Trinajstić information content (AvgIpc) is 3.39. The third-order valence-corrected chi connectivity index (χ3v) is 7.36. The summed E-state index contributed by atoms with van der Waals surface area (Å²) < 4.78 is 39.4. The summed E-state index contributed by atoms with van der Waals surface area (Å²) in [4.78, 5) is 1.55. The molecule has 1 aliphatic carbocycles. The maximum Gasteiger partial charge on any atom is 0.294 e. The van der Waals surface area contributed by atoms with Crippen LogP contribution < -0.4 is 4.74 Å². The molecule has 1 heterocycles. The number of aryl methyl sites for hydroxylation is 2. The van der Waals surface area contributed by atoms with Gasteiger partial charge in [0.05, 0.1) is 18.0 Å². The molecular formula is C23H28N4O4S. The molecule has 1 fully saturated rings. The van der Waals surface area contributed by atoms with Crippen molar-refractivity contribution in [2.45, 2.75) is 57.4 Å². The molecule has 32 heavy (non-hydrogen) atoms. The molecule has 0 saturated heterocycles. The quantitative estimate of drug-likeness (QED) is 0.479. The first-order valence-corrected chi connectivity index (χ1v) is 12.2. The van der Waals surface area contributed by atoms with E-state index >= 15 is 0 Å². The van der Waals surface area contributed by atoms with Gasteiger partial charge in [-0.25, -0.2) is 0 Å². The second-order valence-electron chi connectivity index (χ2n) is 8.52. The lowest BCUT2D eigenvalue weighted by molar-refractivity contribution is 0.252. The predicted octanol–water partition coefficient (Wildman–Crippen LogP) is 4.27. The molecule has 0 bridgehead atoms. The van der Waals surface area contributed by atoms with Crippen LogP contribution in [0.5, 0.6) is 5.75 Å². The maximum absolute atomic E-state index is 11.9. The van der Waals surface area contributed by atoms with Gasteiger partial charge in [-0.3, -0.25) is 4.55 Å². The Morgan fingerprint density at radius 1 is 1.19 bits per heavy atom. The van der Waals surface area contributed by atoms with Crippen LogP contribution in [0.4, 0.5) is 0 Å². The molecule has 1 unspecified atom stereocenters. The van der Waals surface area contributed by atoms with Gasteiger partial charge in [-0.15, -0.1) is 10.2 Å². The van der Waals surface area contributed by atoms with Crippen LogP contribution >= 0.6 is 0 Å². The number of nitrogens with zero attached hydrogens (tertiary/aromatic N) is 4. The van der Waals surface area contributed by atoms with Crippen molar-refractivity contribution in [3.05, 3.63) is 53.6 Å². The zero-order valence-corrected chi connectivity index (χ0v) is 19.3. The van der Waals surface area contributed by atoms with Crippen molar-refractivity contribution >= 4 is 10.1 Å². The standard InChI is InChI=1S/C23H28N4O4S/c1-4-27-25-22(24-26-27)18-6-8-19(9-7-18)31-14-13-23(11-12-23)17(3)20-15-16(2)5-10-21(20)32(28,29)30/h5-10,15,17H,4,11-14H2,1-3H3,(H,28,29,30). The Balaban J connectivity index is 1.41. The second-order valence-corrected chi connectivity index (χ2v) is 9.91. The van der Waals surface area contributed by atoms with E-state index < -0.39 is 10.1 Å². The van der Waals surface area contributed by atoms with Crippen LogP contribution in [-0.2, 0) is 16.7 Å². The van der Waals surface area contributed by atoms with Gasteiger partial charge in [0.25, 0.3) is 10.1 Å². The summed E-state index contributed by atoms with van der Waals surface area (Å²) in [6, 6.07) is 12.7. The fraction of sp³-hybridized carbons (Fsp3) is 0.435. The minimum Gasteiger partial charge on any atom is -0.494 e. The van der Waals surface area contributed by atoms with Gasteiger partial charge in [-0.1, -0.05) is 24.6 Å². The first-order valence-electron chi connectivity index (χ1n) is 10.8. The van der Waals surface area contributed by atoms with Gasteiger partial charge in [-0.05, 0) is 85.6 Å². The molecule has 0 amide bonds. The second kappa shape index (κ2) is 8.63. The maximum atomic E-state index is 11.9. The molecule has 3 aromatic rings. The van der Waals surface area contributed by atoms with Crippen molar-refractivity contribution in [3.63, 3.8) is 0 Å². The van der Waals surface area contributed by atoms with E-state index in [0.717, 1.165) is 36.1 Å². The molecule has 8 nitrogen and oxygen atoms in total. The summed E-state index contributed by atoms with van der Waals surface area (Å²) in [5.74, 6) is 1.34. The Kier molecular flexibility index (Phi) is 6.05. The van der Waals surface area contributed by atoms with E-state index in [1.807, 2.05) is 51.1 Å². The lowest BCUT2D eigenvalue weighted by Crippen LogP contribution is -2.18. The smallest absolute Gasteiger partial charge is 0.294 e. The van der Waals surface area contributed by atoms with Crippen molar-refractivity contribution in [2.24, 2.45) is 5.41 Å². The largest absolute Gasteiger partial charge is 0.494 e. The van der Waals surface area contributed by atoms with E-state index in [0.29, 0.717) is 24.5 Å². The molecule has 2 aromatic carbocycles. The Bertz CT molecular complexity index is 1200. The molecule has 0 radical (unpaired) electrons. The van der Waals surface area contributed by atoms with Gasteiger partial charge in [0.2, 0.25) is 5.82 Å². The van der Waals surface area contributed by atoms with Crippen LogP contribution in [-0.4, -0.2) is 39.8 Å². The molecule has 170 valence electrons. The lowest BCUT2D eigenvalue weighted by Gasteiger charge is -2.26. The van der Waals surface area contributed by atoms with Gasteiger partial charge in [0.15, 0.2) is 0 Å². The lowest BCUT2D eigenvalue weighted by atomic mass is 9.82. The average molecular weight is 457 g/mol. The van der Waals surface area contributed by atoms with Crippen molar-refractivity contribution in [3.8, 4) is 17.1 Å². The van der Waals surface area contributed by atoms with E-state index in [-0.39, 0.29) is 16.2 Å².